The van der Waals surface area contributed by atoms with Gasteiger partial charge in [0.05, 0.1) is 6.04 Å². The first-order valence-electron chi connectivity index (χ1n) is 5.45. The first-order valence-corrected chi connectivity index (χ1v) is 6.21. The van der Waals surface area contributed by atoms with Crippen LogP contribution in [0.15, 0.2) is 36.4 Å². The van der Waals surface area contributed by atoms with Gasteiger partial charge in [-0.3, -0.25) is 0 Å². The molecule has 0 aromatic heterocycles. The smallest absolute Gasteiger partial charge is 0.129 e. The molecule has 94 valence electrons. The van der Waals surface area contributed by atoms with E-state index in [1.807, 2.05) is 19.1 Å². The summed E-state index contributed by atoms with van der Waals surface area (Å²) in [6.45, 7) is 1.90. The van der Waals surface area contributed by atoms with Crippen LogP contribution in [0, 0.1) is 12.7 Å². The number of rotatable bonds is 2. The van der Waals surface area contributed by atoms with E-state index in [0.717, 1.165) is 11.1 Å². The fourth-order valence-electron chi connectivity index (χ4n) is 1.74. The number of nitrogens with two attached hydrogens (primary N) is 1. The van der Waals surface area contributed by atoms with Crippen molar-refractivity contribution in [2.24, 2.45) is 5.73 Å². The summed E-state index contributed by atoms with van der Waals surface area (Å²) in [5.74, 6) is -0.410. The minimum atomic E-state index is -0.555. The topological polar surface area (TPSA) is 26.0 Å². The van der Waals surface area contributed by atoms with Crippen molar-refractivity contribution in [2.75, 3.05) is 0 Å². The van der Waals surface area contributed by atoms with Crippen molar-refractivity contribution in [3.63, 3.8) is 0 Å². The summed E-state index contributed by atoms with van der Waals surface area (Å²) < 4.78 is 13.8. The van der Waals surface area contributed by atoms with Crippen LogP contribution in [0.1, 0.15) is 22.7 Å². The van der Waals surface area contributed by atoms with Crippen molar-refractivity contribution in [1.29, 1.82) is 0 Å². The second-order valence-electron chi connectivity index (χ2n) is 4.15. The van der Waals surface area contributed by atoms with Gasteiger partial charge in [-0.1, -0.05) is 41.4 Å². The lowest BCUT2D eigenvalue weighted by Gasteiger charge is -2.14. The van der Waals surface area contributed by atoms with E-state index in [4.69, 9.17) is 28.9 Å². The van der Waals surface area contributed by atoms with E-state index in [1.54, 1.807) is 18.2 Å². The Morgan fingerprint density at radius 3 is 2.44 bits per heavy atom. The molecule has 1 atom stereocenters. The summed E-state index contributed by atoms with van der Waals surface area (Å²) in [5, 5.41) is 0.975. The molecule has 0 fully saturated rings. The van der Waals surface area contributed by atoms with Gasteiger partial charge in [0.1, 0.15) is 5.82 Å². The molecule has 0 saturated carbocycles. The maximum atomic E-state index is 13.8. The number of halogens is 3. The monoisotopic (exact) mass is 283 g/mol. The highest BCUT2D eigenvalue weighted by Gasteiger charge is 2.14. The first-order chi connectivity index (χ1) is 8.49. The maximum Gasteiger partial charge on any atom is 0.129 e. The molecule has 2 rings (SSSR count). The Morgan fingerprint density at radius 2 is 1.83 bits per heavy atom. The molecule has 0 aliphatic heterocycles. The molecule has 0 spiro atoms. The molecule has 0 aliphatic carbocycles. The molecule has 18 heavy (non-hydrogen) atoms. The van der Waals surface area contributed by atoms with Crippen LogP contribution >= 0.6 is 23.2 Å². The average molecular weight is 284 g/mol. The van der Waals surface area contributed by atoms with Crippen LogP contribution in [0.5, 0.6) is 0 Å². The standard InChI is InChI=1S/C14H12Cl2FN/c1-8-2-3-9(6-12(8)16)14(18)11-5-4-10(15)7-13(11)17/h2-7,14H,18H2,1H3. The Labute approximate surface area is 115 Å². The van der Waals surface area contributed by atoms with Crippen LogP contribution in [0.3, 0.4) is 0 Å². The van der Waals surface area contributed by atoms with E-state index in [9.17, 15) is 4.39 Å². The van der Waals surface area contributed by atoms with Gasteiger partial charge in [0.2, 0.25) is 0 Å². The molecule has 2 aromatic carbocycles. The van der Waals surface area contributed by atoms with Gasteiger partial charge >= 0.3 is 0 Å². The molecule has 1 unspecified atom stereocenters. The van der Waals surface area contributed by atoms with Crippen molar-refractivity contribution in [2.45, 2.75) is 13.0 Å². The Hall–Kier alpha value is -1.09. The molecule has 1 nitrogen and oxygen atoms in total. The summed E-state index contributed by atoms with van der Waals surface area (Å²) in [6.07, 6.45) is 0. The van der Waals surface area contributed by atoms with Crippen LogP contribution in [-0.2, 0) is 0 Å². The molecule has 0 heterocycles. The highest BCUT2D eigenvalue weighted by molar-refractivity contribution is 6.31. The van der Waals surface area contributed by atoms with Crippen molar-refractivity contribution in [3.05, 3.63) is 69.0 Å². The fourth-order valence-corrected chi connectivity index (χ4v) is 2.08. The first kappa shape index (κ1) is 13.3. The summed E-state index contributed by atoms with van der Waals surface area (Å²) in [5.41, 5.74) is 8.18. The van der Waals surface area contributed by atoms with Gasteiger partial charge in [-0.25, -0.2) is 4.39 Å². The summed E-state index contributed by atoms with van der Waals surface area (Å²) in [4.78, 5) is 0. The molecule has 4 heteroatoms. The summed E-state index contributed by atoms with van der Waals surface area (Å²) in [6, 6.07) is 9.39. The third-order valence-electron chi connectivity index (χ3n) is 2.85. The number of aryl methyl sites for hydroxylation is 1. The zero-order valence-corrected chi connectivity index (χ0v) is 11.3. The third-order valence-corrected chi connectivity index (χ3v) is 3.49. The van der Waals surface area contributed by atoms with Crippen molar-refractivity contribution < 1.29 is 4.39 Å². The Balaban J connectivity index is 2.41. The summed E-state index contributed by atoms with van der Waals surface area (Å²) >= 11 is 11.8. The minimum absolute atomic E-state index is 0.352. The van der Waals surface area contributed by atoms with Crippen molar-refractivity contribution >= 4 is 23.2 Å². The minimum Gasteiger partial charge on any atom is -0.320 e. The van der Waals surface area contributed by atoms with Crippen molar-refractivity contribution in [3.8, 4) is 0 Å². The molecular weight excluding hydrogens is 272 g/mol. The van der Waals surface area contributed by atoms with E-state index < -0.39 is 11.9 Å². The van der Waals surface area contributed by atoms with Crippen LogP contribution in [0.2, 0.25) is 10.0 Å². The van der Waals surface area contributed by atoms with Gasteiger partial charge in [0.25, 0.3) is 0 Å². The molecule has 2 N–H and O–H groups in total. The number of benzene rings is 2. The van der Waals surface area contributed by atoms with Gasteiger partial charge < -0.3 is 5.73 Å². The second-order valence-corrected chi connectivity index (χ2v) is 5.00. The van der Waals surface area contributed by atoms with Gasteiger partial charge in [-0.05, 0) is 36.2 Å². The average Bonchev–Trinajstić information content (AvgIpc) is 2.32. The predicted octanol–water partition coefficient (Wildman–Crippen LogP) is 4.49. The van der Waals surface area contributed by atoms with E-state index in [1.165, 1.54) is 6.07 Å². The van der Waals surface area contributed by atoms with E-state index in [0.29, 0.717) is 15.6 Å². The largest absolute Gasteiger partial charge is 0.320 e. The molecule has 0 bridgehead atoms. The molecule has 0 radical (unpaired) electrons. The zero-order chi connectivity index (χ0) is 13.3. The lowest BCUT2D eigenvalue weighted by molar-refractivity contribution is 0.600. The van der Waals surface area contributed by atoms with Gasteiger partial charge in [0, 0.05) is 15.6 Å². The molecule has 2 aromatic rings. The summed E-state index contributed by atoms with van der Waals surface area (Å²) in [7, 11) is 0. The van der Waals surface area contributed by atoms with Gasteiger partial charge in [-0.2, -0.15) is 0 Å². The van der Waals surface area contributed by atoms with Gasteiger partial charge in [0.15, 0.2) is 0 Å². The fraction of sp³-hybridized carbons (Fsp3) is 0.143. The Bertz CT molecular complexity index is 584. The molecular formula is C14H12Cl2FN. The highest BCUT2D eigenvalue weighted by Crippen LogP contribution is 2.27. The van der Waals surface area contributed by atoms with Gasteiger partial charge in [-0.15, -0.1) is 0 Å². The van der Waals surface area contributed by atoms with Crippen LogP contribution in [0.25, 0.3) is 0 Å². The lowest BCUT2D eigenvalue weighted by atomic mass is 9.98. The van der Waals surface area contributed by atoms with Crippen molar-refractivity contribution in [1.82, 2.24) is 0 Å². The maximum absolute atomic E-state index is 13.8. The van der Waals surface area contributed by atoms with E-state index in [2.05, 4.69) is 0 Å². The lowest BCUT2D eigenvalue weighted by Crippen LogP contribution is -2.13. The quantitative estimate of drug-likeness (QED) is 0.864. The van der Waals surface area contributed by atoms with E-state index >= 15 is 0 Å². The van der Waals surface area contributed by atoms with Crippen LogP contribution in [-0.4, -0.2) is 0 Å². The SMILES string of the molecule is Cc1ccc(C(N)c2ccc(Cl)cc2F)cc1Cl. The second kappa shape index (κ2) is 5.27. The Kier molecular flexibility index (Phi) is 3.91. The Morgan fingerprint density at radius 1 is 1.11 bits per heavy atom. The predicted molar refractivity (Wildman–Crippen MR) is 73.6 cm³/mol. The molecule has 0 aliphatic rings. The number of hydrogen-bond acceptors (Lipinski definition) is 1. The molecule has 0 amide bonds. The highest BCUT2D eigenvalue weighted by atomic mass is 35.5. The zero-order valence-electron chi connectivity index (χ0n) is 9.75. The van der Waals surface area contributed by atoms with E-state index in [-0.39, 0.29) is 0 Å². The van der Waals surface area contributed by atoms with Crippen LogP contribution < -0.4 is 5.73 Å². The van der Waals surface area contributed by atoms with Crippen LogP contribution in [0.4, 0.5) is 4.39 Å². The third kappa shape index (κ3) is 2.66. The number of hydrogen-bond donors (Lipinski definition) is 1. The normalized spacial score (nSPS) is 12.5. The molecule has 0 saturated heterocycles.